The normalized spacial score (nSPS) is 11.3. The van der Waals surface area contributed by atoms with Gasteiger partial charge in [0.05, 0.1) is 10.6 Å². The number of anilines is 2. The van der Waals surface area contributed by atoms with Crippen molar-refractivity contribution < 1.29 is 8.42 Å². The van der Waals surface area contributed by atoms with Gasteiger partial charge in [0.15, 0.2) is 9.84 Å². The Morgan fingerprint density at radius 2 is 1.71 bits per heavy atom. The maximum absolute atomic E-state index is 11.9. The molecule has 4 nitrogen and oxygen atoms in total. The minimum Gasteiger partial charge on any atom is -0.398 e. The summed E-state index contributed by atoms with van der Waals surface area (Å²) in [5.41, 5.74) is 8.51. The zero-order chi connectivity index (χ0) is 15.3. The van der Waals surface area contributed by atoms with Gasteiger partial charge in [0.25, 0.3) is 0 Å². The van der Waals surface area contributed by atoms with Crippen molar-refractivity contribution in [2.24, 2.45) is 0 Å². The van der Waals surface area contributed by atoms with Gasteiger partial charge < -0.3 is 11.1 Å². The summed E-state index contributed by atoms with van der Waals surface area (Å²) in [5, 5.41) is 3.24. The zero-order valence-corrected chi connectivity index (χ0v) is 12.9. The van der Waals surface area contributed by atoms with Crippen LogP contribution in [0.4, 0.5) is 11.4 Å². The second-order valence-electron chi connectivity index (χ2n) is 4.90. The van der Waals surface area contributed by atoms with E-state index in [1.807, 2.05) is 31.2 Å². The summed E-state index contributed by atoms with van der Waals surface area (Å²) in [6.45, 7) is 2.46. The Morgan fingerprint density at radius 1 is 1.05 bits per heavy atom. The number of hydrogen-bond acceptors (Lipinski definition) is 4. The minimum atomic E-state index is -3.15. The van der Waals surface area contributed by atoms with E-state index in [0.717, 1.165) is 16.9 Å². The number of sulfone groups is 1. The van der Waals surface area contributed by atoms with E-state index in [2.05, 4.69) is 5.32 Å². The van der Waals surface area contributed by atoms with Crippen molar-refractivity contribution in [2.45, 2.75) is 24.8 Å². The Labute approximate surface area is 125 Å². The van der Waals surface area contributed by atoms with Crippen molar-refractivity contribution in [1.82, 2.24) is 0 Å². The molecule has 0 unspecified atom stereocenters. The van der Waals surface area contributed by atoms with Crippen LogP contribution in [-0.2, 0) is 16.4 Å². The standard InChI is InChI=1S/C16H20N2O2S/c1-2-11-21(19,20)15-9-7-14(8-10-15)18-12-13-5-3-4-6-16(13)17/h3-10,18H,2,11-12,17H2,1H3. The summed E-state index contributed by atoms with van der Waals surface area (Å²) < 4.78 is 23.9. The van der Waals surface area contributed by atoms with E-state index in [4.69, 9.17) is 5.73 Å². The van der Waals surface area contributed by atoms with Crippen molar-refractivity contribution in [2.75, 3.05) is 16.8 Å². The molecule has 5 heteroatoms. The SMILES string of the molecule is CCCS(=O)(=O)c1ccc(NCc2ccccc2N)cc1. The lowest BCUT2D eigenvalue weighted by atomic mass is 10.2. The number of para-hydroxylation sites is 1. The largest absolute Gasteiger partial charge is 0.398 e. The molecule has 0 spiro atoms. The molecule has 0 aliphatic carbocycles. The van der Waals surface area contributed by atoms with E-state index in [-0.39, 0.29) is 5.75 Å². The smallest absolute Gasteiger partial charge is 0.178 e. The van der Waals surface area contributed by atoms with Gasteiger partial charge in [0, 0.05) is 17.9 Å². The minimum absolute atomic E-state index is 0.181. The predicted molar refractivity (Wildman–Crippen MR) is 87.0 cm³/mol. The summed E-state index contributed by atoms with van der Waals surface area (Å²) >= 11 is 0. The molecule has 0 aliphatic heterocycles. The van der Waals surface area contributed by atoms with Crippen LogP contribution in [0.2, 0.25) is 0 Å². The van der Waals surface area contributed by atoms with E-state index in [1.54, 1.807) is 24.3 Å². The Kier molecular flexibility index (Phi) is 4.85. The molecular weight excluding hydrogens is 284 g/mol. The van der Waals surface area contributed by atoms with Crippen molar-refractivity contribution in [3.63, 3.8) is 0 Å². The number of rotatable bonds is 6. The van der Waals surface area contributed by atoms with E-state index >= 15 is 0 Å². The second kappa shape index (κ2) is 6.63. The summed E-state index contributed by atoms with van der Waals surface area (Å²) in [5.74, 6) is 0.181. The fourth-order valence-corrected chi connectivity index (χ4v) is 3.38. The van der Waals surface area contributed by atoms with E-state index in [9.17, 15) is 8.42 Å². The van der Waals surface area contributed by atoms with Crippen LogP contribution in [0.25, 0.3) is 0 Å². The van der Waals surface area contributed by atoms with Crippen molar-refractivity contribution in [3.8, 4) is 0 Å². The summed E-state index contributed by atoms with van der Waals surface area (Å²) in [4.78, 5) is 0.370. The molecule has 2 aromatic carbocycles. The second-order valence-corrected chi connectivity index (χ2v) is 7.00. The van der Waals surface area contributed by atoms with Gasteiger partial charge in [0.2, 0.25) is 0 Å². The van der Waals surface area contributed by atoms with Crippen LogP contribution in [0.3, 0.4) is 0 Å². The van der Waals surface area contributed by atoms with E-state index in [1.165, 1.54) is 0 Å². The number of nitrogens with one attached hydrogen (secondary N) is 1. The van der Waals surface area contributed by atoms with Crippen LogP contribution in [-0.4, -0.2) is 14.2 Å². The maximum atomic E-state index is 11.9. The summed E-state index contributed by atoms with van der Waals surface area (Å²) in [7, 11) is -3.15. The molecule has 0 saturated carbocycles. The molecule has 0 aliphatic rings. The molecule has 0 bridgehead atoms. The topological polar surface area (TPSA) is 72.2 Å². The monoisotopic (exact) mass is 304 g/mol. The third kappa shape index (κ3) is 3.98. The lowest BCUT2D eigenvalue weighted by molar-refractivity contribution is 0.595. The lowest BCUT2D eigenvalue weighted by Crippen LogP contribution is -2.06. The highest BCUT2D eigenvalue weighted by Gasteiger charge is 2.12. The molecule has 0 aromatic heterocycles. The Balaban J connectivity index is 2.05. The maximum Gasteiger partial charge on any atom is 0.178 e. The van der Waals surface area contributed by atoms with Crippen molar-refractivity contribution >= 4 is 21.2 Å². The quantitative estimate of drug-likeness (QED) is 0.805. The molecule has 2 aromatic rings. The summed E-state index contributed by atoms with van der Waals surface area (Å²) in [6, 6.07) is 14.5. The van der Waals surface area contributed by atoms with Crippen LogP contribution >= 0.6 is 0 Å². The van der Waals surface area contributed by atoms with Gasteiger partial charge in [-0.25, -0.2) is 8.42 Å². The van der Waals surface area contributed by atoms with Crippen molar-refractivity contribution in [3.05, 3.63) is 54.1 Å². The van der Waals surface area contributed by atoms with Gasteiger partial charge in [-0.2, -0.15) is 0 Å². The zero-order valence-electron chi connectivity index (χ0n) is 12.0. The molecule has 0 amide bonds. The van der Waals surface area contributed by atoms with E-state index < -0.39 is 9.84 Å². The van der Waals surface area contributed by atoms with Crippen LogP contribution in [0.15, 0.2) is 53.4 Å². The average Bonchev–Trinajstić information content (AvgIpc) is 2.47. The highest BCUT2D eigenvalue weighted by molar-refractivity contribution is 7.91. The molecule has 0 radical (unpaired) electrons. The van der Waals surface area contributed by atoms with Gasteiger partial charge >= 0.3 is 0 Å². The van der Waals surface area contributed by atoms with Gasteiger partial charge in [-0.05, 0) is 42.3 Å². The first-order valence-electron chi connectivity index (χ1n) is 6.93. The van der Waals surface area contributed by atoms with Gasteiger partial charge in [-0.15, -0.1) is 0 Å². The molecule has 0 atom stereocenters. The number of nitrogens with two attached hydrogens (primary N) is 1. The van der Waals surface area contributed by atoms with Gasteiger partial charge in [-0.1, -0.05) is 25.1 Å². The first-order valence-corrected chi connectivity index (χ1v) is 8.58. The fourth-order valence-electron chi connectivity index (χ4n) is 2.06. The van der Waals surface area contributed by atoms with Crippen LogP contribution in [0, 0.1) is 0 Å². The third-order valence-electron chi connectivity index (χ3n) is 3.22. The third-order valence-corrected chi connectivity index (χ3v) is 5.16. The van der Waals surface area contributed by atoms with Crippen LogP contribution in [0.5, 0.6) is 0 Å². The van der Waals surface area contributed by atoms with Gasteiger partial charge in [-0.3, -0.25) is 0 Å². The number of benzene rings is 2. The lowest BCUT2D eigenvalue weighted by Gasteiger charge is -2.09. The fraction of sp³-hybridized carbons (Fsp3) is 0.250. The summed E-state index contributed by atoms with van der Waals surface area (Å²) in [6.07, 6.45) is 0.621. The molecule has 112 valence electrons. The van der Waals surface area contributed by atoms with E-state index in [0.29, 0.717) is 17.9 Å². The molecule has 0 fully saturated rings. The Hall–Kier alpha value is -2.01. The first kappa shape index (κ1) is 15.4. The Morgan fingerprint density at radius 3 is 2.33 bits per heavy atom. The molecule has 2 rings (SSSR count). The first-order chi connectivity index (χ1) is 10.0. The molecule has 3 N–H and O–H groups in total. The van der Waals surface area contributed by atoms with Crippen LogP contribution < -0.4 is 11.1 Å². The number of nitrogen functional groups attached to an aromatic ring is 1. The highest BCUT2D eigenvalue weighted by atomic mass is 32.2. The molecular formula is C16H20N2O2S. The molecule has 0 saturated heterocycles. The molecule has 0 heterocycles. The Bertz CT molecular complexity index is 694. The molecule has 21 heavy (non-hydrogen) atoms. The van der Waals surface area contributed by atoms with Gasteiger partial charge in [0.1, 0.15) is 0 Å². The van der Waals surface area contributed by atoms with Crippen molar-refractivity contribution in [1.29, 1.82) is 0 Å². The average molecular weight is 304 g/mol. The highest BCUT2D eigenvalue weighted by Crippen LogP contribution is 2.18. The number of hydrogen-bond donors (Lipinski definition) is 2. The van der Waals surface area contributed by atoms with Crippen LogP contribution in [0.1, 0.15) is 18.9 Å². The predicted octanol–water partition coefficient (Wildman–Crippen LogP) is 3.06.